The van der Waals surface area contributed by atoms with E-state index in [2.05, 4.69) is 21.2 Å². The highest BCUT2D eigenvalue weighted by molar-refractivity contribution is 9.10. The molecule has 1 amide bonds. The number of aromatic nitrogens is 1. The Morgan fingerprint density at radius 1 is 1.03 bits per heavy atom. The Kier molecular flexibility index (Phi) is 4.97. The lowest BCUT2D eigenvalue weighted by molar-refractivity contribution is -0.122. The van der Waals surface area contributed by atoms with Crippen molar-refractivity contribution in [3.63, 3.8) is 0 Å². The fourth-order valence-corrected chi connectivity index (χ4v) is 5.74. The van der Waals surface area contributed by atoms with E-state index in [1.54, 1.807) is 0 Å². The highest BCUT2D eigenvalue weighted by Crippen LogP contribution is 2.51. The summed E-state index contributed by atoms with van der Waals surface area (Å²) in [6.07, 6.45) is 6.37. The summed E-state index contributed by atoms with van der Waals surface area (Å²) in [5, 5.41) is 4.27. The Balaban J connectivity index is 1.58. The second kappa shape index (κ2) is 7.56. The standard InChI is InChI=1S/C26H25BrN2O2/c1-17-22(24(31)29-26-12-9-25(16-30,10-13-26)11-14-26)20-15-19(27)7-8-21(20)28-23(17)18-5-3-2-4-6-18/h2-8,15-16H,9-14H2,1H3,(H,29,31). The van der Waals surface area contributed by atoms with Crippen LogP contribution in [0.25, 0.3) is 22.2 Å². The molecule has 3 aliphatic rings. The third-order valence-electron chi connectivity index (χ3n) is 7.40. The molecule has 4 nitrogen and oxygen atoms in total. The van der Waals surface area contributed by atoms with Gasteiger partial charge in [0.2, 0.25) is 0 Å². The van der Waals surface area contributed by atoms with Crippen LogP contribution in [-0.4, -0.2) is 22.7 Å². The van der Waals surface area contributed by atoms with Gasteiger partial charge in [0.1, 0.15) is 6.29 Å². The number of halogens is 1. The summed E-state index contributed by atoms with van der Waals surface area (Å²) in [7, 11) is 0. The SMILES string of the molecule is Cc1c(-c2ccccc2)nc2ccc(Br)cc2c1C(=O)NC12CCC(C=O)(CC1)CC2. The minimum absolute atomic E-state index is 0.0410. The Hall–Kier alpha value is -2.53. The molecule has 3 aliphatic carbocycles. The van der Waals surface area contributed by atoms with Crippen LogP contribution < -0.4 is 5.32 Å². The Labute approximate surface area is 190 Å². The van der Waals surface area contributed by atoms with Crippen molar-refractivity contribution in [2.45, 2.75) is 51.0 Å². The second-order valence-electron chi connectivity index (χ2n) is 9.20. The fraction of sp³-hybridized carbons (Fsp3) is 0.346. The normalized spacial score (nSPS) is 24.8. The van der Waals surface area contributed by atoms with Crippen LogP contribution in [0, 0.1) is 12.3 Å². The van der Waals surface area contributed by atoms with Gasteiger partial charge in [-0.1, -0.05) is 46.3 Å². The Morgan fingerprint density at radius 2 is 1.71 bits per heavy atom. The van der Waals surface area contributed by atoms with Crippen LogP contribution >= 0.6 is 15.9 Å². The zero-order valence-corrected chi connectivity index (χ0v) is 19.2. The summed E-state index contributed by atoms with van der Waals surface area (Å²) in [6.45, 7) is 1.99. The molecule has 2 bridgehead atoms. The molecular weight excluding hydrogens is 452 g/mol. The van der Waals surface area contributed by atoms with Crippen molar-refractivity contribution < 1.29 is 9.59 Å². The first kappa shape index (κ1) is 20.4. The number of nitrogens with zero attached hydrogens (tertiary/aromatic N) is 1. The minimum atomic E-state index is -0.206. The largest absolute Gasteiger partial charge is 0.347 e. The number of carbonyl (C=O) groups is 2. The number of pyridine rings is 1. The maximum absolute atomic E-state index is 13.7. The van der Waals surface area contributed by atoms with E-state index in [0.717, 1.165) is 77.0 Å². The van der Waals surface area contributed by atoms with Crippen molar-refractivity contribution >= 4 is 39.0 Å². The van der Waals surface area contributed by atoms with E-state index in [0.29, 0.717) is 5.56 Å². The van der Waals surface area contributed by atoms with Crippen molar-refractivity contribution in [1.29, 1.82) is 0 Å². The second-order valence-corrected chi connectivity index (χ2v) is 10.1. The summed E-state index contributed by atoms with van der Waals surface area (Å²) in [4.78, 5) is 30.2. The van der Waals surface area contributed by atoms with Crippen LogP contribution in [0.4, 0.5) is 0 Å². The van der Waals surface area contributed by atoms with Gasteiger partial charge < -0.3 is 10.1 Å². The number of nitrogens with one attached hydrogen (secondary N) is 1. The van der Waals surface area contributed by atoms with Crippen molar-refractivity contribution in [2.24, 2.45) is 5.41 Å². The monoisotopic (exact) mass is 476 g/mol. The maximum atomic E-state index is 13.7. The van der Waals surface area contributed by atoms with E-state index in [1.807, 2.05) is 55.5 Å². The molecule has 0 unspecified atom stereocenters. The summed E-state index contributed by atoms with van der Waals surface area (Å²) >= 11 is 3.55. The van der Waals surface area contributed by atoms with Gasteiger partial charge in [0, 0.05) is 26.4 Å². The quantitative estimate of drug-likeness (QED) is 0.470. The number of aldehydes is 1. The predicted octanol–water partition coefficient (Wildman–Crippen LogP) is 5.99. The average molecular weight is 477 g/mol. The van der Waals surface area contributed by atoms with Crippen LogP contribution in [0.3, 0.4) is 0 Å². The smallest absolute Gasteiger partial charge is 0.252 e. The molecule has 0 atom stereocenters. The first-order valence-corrected chi connectivity index (χ1v) is 11.7. The lowest BCUT2D eigenvalue weighted by Gasteiger charge is -2.51. The van der Waals surface area contributed by atoms with Gasteiger partial charge in [-0.25, -0.2) is 4.98 Å². The average Bonchev–Trinajstić information content (AvgIpc) is 2.80. The number of carbonyl (C=O) groups excluding carboxylic acids is 2. The molecule has 5 heteroatoms. The predicted molar refractivity (Wildman–Crippen MR) is 126 cm³/mol. The van der Waals surface area contributed by atoms with E-state index in [1.165, 1.54) is 0 Å². The molecule has 1 heterocycles. The van der Waals surface area contributed by atoms with Crippen LogP contribution in [-0.2, 0) is 4.79 Å². The van der Waals surface area contributed by atoms with Crippen molar-refractivity contribution in [3.05, 3.63) is 64.1 Å². The summed E-state index contributed by atoms with van der Waals surface area (Å²) in [6, 6.07) is 15.9. The molecule has 2 aromatic carbocycles. The number of benzene rings is 2. The van der Waals surface area contributed by atoms with E-state index in [4.69, 9.17) is 4.98 Å². The number of fused-ring (bicyclic) bond motifs is 4. The lowest BCUT2D eigenvalue weighted by atomic mass is 9.58. The van der Waals surface area contributed by atoms with Gasteiger partial charge in [-0.2, -0.15) is 0 Å². The van der Waals surface area contributed by atoms with Gasteiger partial charge in [-0.15, -0.1) is 0 Å². The maximum Gasteiger partial charge on any atom is 0.252 e. The number of amides is 1. The topological polar surface area (TPSA) is 59.1 Å². The molecule has 31 heavy (non-hydrogen) atoms. The van der Waals surface area contributed by atoms with Crippen molar-refractivity contribution in [1.82, 2.24) is 10.3 Å². The van der Waals surface area contributed by atoms with Crippen LogP contribution in [0.5, 0.6) is 0 Å². The third-order valence-corrected chi connectivity index (χ3v) is 7.89. The first-order chi connectivity index (χ1) is 14.9. The Bertz CT molecular complexity index is 1160. The lowest BCUT2D eigenvalue weighted by Crippen LogP contribution is -2.57. The van der Waals surface area contributed by atoms with Gasteiger partial charge >= 0.3 is 0 Å². The summed E-state index contributed by atoms with van der Waals surface area (Å²) in [5.41, 5.74) is 3.87. The highest BCUT2D eigenvalue weighted by Gasteiger charge is 2.49. The summed E-state index contributed by atoms with van der Waals surface area (Å²) in [5.74, 6) is -0.0410. The van der Waals surface area contributed by atoms with E-state index in [9.17, 15) is 9.59 Å². The Morgan fingerprint density at radius 3 is 2.35 bits per heavy atom. The van der Waals surface area contributed by atoms with Crippen LogP contribution in [0.1, 0.15) is 54.4 Å². The van der Waals surface area contributed by atoms with E-state index < -0.39 is 0 Å². The van der Waals surface area contributed by atoms with Crippen LogP contribution in [0.15, 0.2) is 53.0 Å². The highest BCUT2D eigenvalue weighted by atomic mass is 79.9. The molecule has 0 spiro atoms. The van der Waals surface area contributed by atoms with Gasteiger partial charge in [0.05, 0.1) is 16.8 Å². The molecule has 158 valence electrons. The zero-order chi connectivity index (χ0) is 21.6. The van der Waals surface area contributed by atoms with E-state index in [-0.39, 0.29) is 16.9 Å². The molecule has 3 aromatic rings. The van der Waals surface area contributed by atoms with Gasteiger partial charge in [0.15, 0.2) is 0 Å². The van der Waals surface area contributed by atoms with Gasteiger partial charge in [-0.3, -0.25) is 4.79 Å². The number of rotatable bonds is 4. The van der Waals surface area contributed by atoms with Gasteiger partial charge in [0.25, 0.3) is 5.91 Å². The molecule has 1 aromatic heterocycles. The van der Waals surface area contributed by atoms with Crippen LogP contribution in [0.2, 0.25) is 0 Å². The van der Waals surface area contributed by atoms with Crippen molar-refractivity contribution in [3.8, 4) is 11.3 Å². The van der Waals surface area contributed by atoms with E-state index >= 15 is 0 Å². The molecule has 3 fully saturated rings. The molecule has 0 saturated heterocycles. The van der Waals surface area contributed by atoms with Crippen molar-refractivity contribution in [2.75, 3.05) is 0 Å². The molecule has 0 aliphatic heterocycles. The van der Waals surface area contributed by atoms with Gasteiger partial charge in [-0.05, 0) is 69.2 Å². The molecule has 6 rings (SSSR count). The zero-order valence-electron chi connectivity index (χ0n) is 17.6. The number of hydrogen-bond donors (Lipinski definition) is 1. The number of hydrogen-bond acceptors (Lipinski definition) is 3. The summed E-state index contributed by atoms with van der Waals surface area (Å²) < 4.78 is 0.923. The minimum Gasteiger partial charge on any atom is -0.347 e. The first-order valence-electron chi connectivity index (χ1n) is 10.9. The molecule has 1 N–H and O–H groups in total. The fourth-order valence-electron chi connectivity index (χ4n) is 5.38. The molecule has 0 radical (unpaired) electrons. The molecule has 3 saturated carbocycles. The third kappa shape index (κ3) is 3.49. The molecular formula is C26H25BrN2O2.